The Morgan fingerprint density at radius 1 is 1.38 bits per heavy atom. The zero-order valence-electron chi connectivity index (χ0n) is 12.0. The second kappa shape index (κ2) is 5.26. The number of nitrogens with two attached hydrogens (primary N) is 1. The van der Waals surface area contributed by atoms with Crippen LogP contribution in [0, 0.1) is 5.92 Å². The van der Waals surface area contributed by atoms with Crippen LogP contribution in [0.3, 0.4) is 0 Å². The predicted octanol–water partition coefficient (Wildman–Crippen LogP) is 3.16. The first-order valence-corrected chi connectivity index (χ1v) is 7.17. The van der Waals surface area contributed by atoms with Gasteiger partial charge in [0, 0.05) is 32.4 Å². The molecule has 1 aromatic heterocycles. The lowest BCUT2D eigenvalue weighted by Gasteiger charge is -2.24. The molecule has 0 atom stereocenters. The van der Waals surface area contributed by atoms with Crippen LogP contribution >= 0.6 is 0 Å². The summed E-state index contributed by atoms with van der Waals surface area (Å²) in [5.74, 6) is -2.82. The highest BCUT2D eigenvalue weighted by Crippen LogP contribution is 2.32. The molecule has 2 heterocycles. The molecule has 1 saturated heterocycles. The summed E-state index contributed by atoms with van der Waals surface area (Å²) in [7, 11) is 0. The van der Waals surface area contributed by atoms with Gasteiger partial charge in [0.15, 0.2) is 5.82 Å². The summed E-state index contributed by atoms with van der Waals surface area (Å²) in [6.07, 6.45) is 1.78. The number of anilines is 1. The van der Waals surface area contributed by atoms with E-state index in [1.807, 2.05) is 0 Å². The number of alkyl halides is 2. The second-order valence-electron chi connectivity index (χ2n) is 5.74. The van der Waals surface area contributed by atoms with Gasteiger partial charge in [-0.25, -0.2) is 4.98 Å². The van der Waals surface area contributed by atoms with Gasteiger partial charge in [0.1, 0.15) is 0 Å². The zero-order valence-corrected chi connectivity index (χ0v) is 12.0. The highest BCUT2D eigenvalue weighted by Gasteiger charge is 2.32. The summed E-state index contributed by atoms with van der Waals surface area (Å²) >= 11 is 0. The van der Waals surface area contributed by atoms with Crippen LogP contribution in [0.15, 0.2) is 18.2 Å². The first kappa shape index (κ1) is 14.3. The van der Waals surface area contributed by atoms with E-state index in [4.69, 9.17) is 10.5 Å². The minimum absolute atomic E-state index is 0.186. The van der Waals surface area contributed by atoms with E-state index in [1.54, 1.807) is 22.8 Å². The van der Waals surface area contributed by atoms with Crippen LogP contribution in [0.5, 0.6) is 0 Å². The Hall–Kier alpha value is -1.69. The van der Waals surface area contributed by atoms with E-state index in [-0.39, 0.29) is 5.82 Å². The first-order valence-electron chi connectivity index (χ1n) is 7.17. The number of aromatic nitrogens is 2. The number of hydrogen-bond acceptors (Lipinski definition) is 3. The molecule has 4 nitrogen and oxygen atoms in total. The molecule has 0 aliphatic carbocycles. The third kappa shape index (κ3) is 2.85. The number of imidazole rings is 1. The summed E-state index contributed by atoms with van der Waals surface area (Å²) in [6.45, 7) is 2.82. The second-order valence-corrected chi connectivity index (χ2v) is 5.74. The standard InChI is InChI=1S/C15H19F2N3O/c1-15(16,17)14-19-12-8-11(18)2-3-13(12)20(14)9-10-4-6-21-7-5-10/h2-3,8,10H,4-7,9,18H2,1H3. The van der Waals surface area contributed by atoms with Crippen molar-refractivity contribution in [3.63, 3.8) is 0 Å². The number of hydrogen-bond donors (Lipinski definition) is 1. The molecule has 2 aromatic rings. The summed E-state index contributed by atoms with van der Waals surface area (Å²) in [5, 5.41) is 0. The van der Waals surface area contributed by atoms with E-state index in [0.29, 0.717) is 42.4 Å². The zero-order chi connectivity index (χ0) is 15.0. The van der Waals surface area contributed by atoms with Gasteiger partial charge in [0.05, 0.1) is 11.0 Å². The summed E-state index contributed by atoms with van der Waals surface area (Å²) in [5.41, 5.74) is 7.50. The Kier molecular flexibility index (Phi) is 3.57. The van der Waals surface area contributed by atoms with E-state index in [9.17, 15) is 8.78 Å². The quantitative estimate of drug-likeness (QED) is 0.885. The molecule has 114 valence electrons. The SMILES string of the molecule is CC(F)(F)c1nc2cc(N)ccc2n1CC1CCOCC1. The van der Waals surface area contributed by atoms with Crippen molar-refractivity contribution >= 4 is 16.7 Å². The van der Waals surface area contributed by atoms with Crippen molar-refractivity contribution in [2.75, 3.05) is 18.9 Å². The molecular formula is C15H19F2N3O. The van der Waals surface area contributed by atoms with Gasteiger partial charge in [-0.1, -0.05) is 0 Å². The molecule has 21 heavy (non-hydrogen) atoms. The van der Waals surface area contributed by atoms with Crippen LogP contribution in [0.1, 0.15) is 25.6 Å². The van der Waals surface area contributed by atoms with Gasteiger partial charge in [-0.2, -0.15) is 8.78 Å². The average Bonchev–Trinajstić information content (AvgIpc) is 2.78. The Morgan fingerprint density at radius 2 is 2.10 bits per heavy atom. The molecule has 0 bridgehead atoms. The Bertz CT molecular complexity index is 642. The van der Waals surface area contributed by atoms with Crippen molar-refractivity contribution in [1.82, 2.24) is 9.55 Å². The number of benzene rings is 1. The van der Waals surface area contributed by atoms with E-state index in [2.05, 4.69) is 4.98 Å². The third-order valence-corrected chi connectivity index (χ3v) is 3.95. The van der Waals surface area contributed by atoms with E-state index in [0.717, 1.165) is 19.8 Å². The minimum Gasteiger partial charge on any atom is -0.399 e. The lowest BCUT2D eigenvalue weighted by molar-refractivity contribution is 0.00223. The third-order valence-electron chi connectivity index (χ3n) is 3.95. The molecular weight excluding hydrogens is 276 g/mol. The van der Waals surface area contributed by atoms with Crippen LogP contribution in [-0.4, -0.2) is 22.8 Å². The highest BCUT2D eigenvalue weighted by atomic mass is 19.3. The van der Waals surface area contributed by atoms with Crippen LogP contribution in [-0.2, 0) is 17.2 Å². The van der Waals surface area contributed by atoms with Crippen LogP contribution < -0.4 is 5.73 Å². The number of fused-ring (bicyclic) bond motifs is 1. The summed E-state index contributed by atoms with van der Waals surface area (Å²) in [4.78, 5) is 4.11. The van der Waals surface area contributed by atoms with Gasteiger partial charge >= 0.3 is 5.92 Å². The van der Waals surface area contributed by atoms with E-state index in [1.165, 1.54) is 0 Å². The van der Waals surface area contributed by atoms with Crippen LogP contribution in [0.25, 0.3) is 11.0 Å². The van der Waals surface area contributed by atoms with E-state index < -0.39 is 5.92 Å². The summed E-state index contributed by atoms with van der Waals surface area (Å²) < 4.78 is 34.7. The fraction of sp³-hybridized carbons (Fsp3) is 0.533. The predicted molar refractivity (Wildman–Crippen MR) is 77.3 cm³/mol. The van der Waals surface area contributed by atoms with Crippen molar-refractivity contribution in [1.29, 1.82) is 0 Å². The smallest absolute Gasteiger partial charge is 0.302 e. The summed E-state index contributed by atoms with van der Waals surface area (Å²) in [6, 6.07) is 5.14. The molecule has 1 aliphatic rings. The highest BCUT2D eigenvalue weighted by molar-refractivity contribution is 5.79. The lowest BCUT2D eigenvalue weighted by atomic mass is 10.00. The van der Waals surface area contributed by atoms with Crippen molar-refractivity contribution in [2.45, 2.75) is 32.2 Å². The van der Waals surface area contributed by atoms with Gasteiger partial charge in [-0.15, -0.1) is 0 Å². The molecule has 2 N–H and O–H groups in total. The lowest BCUT2D eigenvalue weighted by Crippen LogP contribution is -2.24. The molecule has 0 saturated carbocycles. The molecule has 6 heteroatoms. The van der Waals surface area contributed by atoms with Gasteiger partial charge in [-0.05, 0) is 37.0 Å². The molecule has 3 rings (SSSR count). The first-order chi connectivity index (χ1) is 9.95. The number of ether oxygens (including phenoxy) is 1. The maximum Gasteiger partial charge on any atom is 0.302 e. The Labute approximate surface area is 121 Å². The van der Waals surface area contributed by atoms with Gasteiger partial charge < -0.3 is 15.0 Å². The van der Waals surface area contributed by atoms with Gasteiger partial charge in [0.2, 0.25) is 0 Å². The molecule has 0 unspecified atom stereocenters. The van der Waals surface area contributed by atoms with Crippen LogP contribution in [0.4, 0.5) is 14.5 Å². The fourth-order valence-electron chi connectivity index (χ4n) is 2.85. The molecule has 1 aromatic carbocycles. The largest absolute Gasteiger partial charge is 0.399 e. The van der Waals surface area contributed by atoms with Crippen LogP contribution in [0.2, 0.25) is 0 Å². The molecule has 0 spiro atoms. The van der Waals surface area contributed by atoms with Crippen molar-refractivity contribution < 1.29 is 13.5 Å². The number of halogens is 2. The van der Waals surface area contributed by atoms with Crippen molar-refractivity contribution in [2.24, 2.45) is 5.92 Å². The maximum atomic E-state index is 13.9. The number of rotatable bonds is 3. The Balaban J connectivity index is 2.04. The maximum absolute atomic E-state index is 13.9. The van der Waals surface area contributed by atoms with Gasteiger partial charge in [-0.3, -0.25) is 0 Å². The minimum atomic E-state index is -2.97. The molecule has 1 aliphatic heterocycles. The molecule has 0 radical (unpaired) electrons. The molecule has 1 fully saturated rings. The normalized spacial score (nSPS) is 17.5. The molecule has 0 amide bonds. The average molecular weight is 295 g/mol. The van der Waals surface area contributed by atoms with Crippen molar-refractivity contribution in [3.8, 4) is 0 Å². The Morgan fingerprint density at radius 3 is 2.76 bits per heavy atom. The monoisotopic (exact) mass is 295 g/mol. The number of nitrogens with zero attached hydrogens (tertiary/aromatic N) is 2. The topological polar surface area (TPSA) is 53.1 Å². The fourth-order valence-corrected chi connectivity index (χ4v) is 2.85. The number of nitrogen functional groups attached to an aromatic ring is 1. The van der Waals surface area contributed by atoms with Crippen molar-refractivity contribution in [3.05, 3.63) is 24.0 Å². The van der Waals surface area contributed by atoms with Gasteiger partial charge in [0.25, 0.3) is 0 Å². The van der Waals surface area contributed by atoms with E-state index >= 15 is 0 Å².